The van der Waals surface area contributed by atoms with Crippen LogP contribution in [0.25, 0.3) is 0 Å². The fourth-order valence-electron chi connectivity index (χ4n) is 3.51. The minimum Gasteiger partial charge on any atom is -0.450 e. The summed E-state index contributed by atoms with van der Waals surface area (Å²) in [6.07, 6.45) is 2.11. The molecule has 1 aromatic heterocycles. The van der Waals surface area contributed by atoms with Crippen LogP contribution in [0, 0.1) is 0 Å². The summed E-state index contributed by atoms with van der Waals surface area (Å²) in [7, 11) is 0. The first-order chi connectivity index (χ1) is 14.5. The molecule has 1 aliphatic carbocycles. The van der Waals surface area contributed by atoms with Crippen LogP contribution < -0.4 is 16.0 Å². The largest absolute Gasteiger partial charge is 0.450 e. The lowest BCUT2D eigenvalue weighted by Crippen LogP contribution is -2.46. The van der Waals surface area contributed by atoms with Gasteiger partial charge in [-0.15, -0.1) is 11.3 Å². The Labute approximate surface area is 180 Å². The number of anilines is 1. The Morgan fingerprint density at radius 2 is 1.83 bits per heavy atom. The molecule has 1 heterocycles. The van der Waals surface area contributed by atoms with Crippen LogP contribution in [0.15, 0.2) is 30.3 Å². The van der Waals surface area contributed by atoms with E-state index in [1.165, 1.54) is 11.3 Å². The van der Waals surface area contributed by atoms with E-state index in [4.69, 9.17) is 4.74 Å². The smallest absolute Gasteiger partial charge is 0.409 e. The SMILES string of the molecule is CCNC(=O)c1c(N[C@@H](NC(=O)OCC)C(=O)c2ccccc2)sc2c1CCCC2. The molecule has 0 bridgehead atoms. The molecule has 160 valence electrons. The van der Waals surface area contributed by atoms with Gasteiger partial charge in [-0.2, -0.15) is 0 Å². The van der Waals surface area contributed by atoms with Crippen molar-refractivity contribution in [1.82, 2.24) is 10.6 Å². The van der Waals surface area contributed by atoms with Gasteiger partial charge in [0.15, 0.2) is 6.17 Å². The van der Waals surface area contributed by atoms with Crippen LogP contribution in [0.5, 0.6) is 0 Å². The van der Waals surface area contributed by atoms with Crippen LogP contribution in [0.2, 0.25) is 0 Å². The van der Waals surface area contributed by atoms with Crippen molar-refractivity contribution in [2.45, 2.75) is 45.7 Å². The molecule has 0 spiro atoms. The Hall–Kier alpha value is -2.87. The van der Waals surface area contributed by atoms with E-state index in [2.05, 4.69) is 16.0 Å². The van der Waals surface area contributed by atoms with Gasteiger partial charge in [0.25, 0.3) is 5.91 Å². The third-order valence-electron chi connectivity index (χ3n) is 4.87. The van der Waals surface area contributed by atoms with Crippen LogP contribution >= 0.6 is 11.3 Å². The van der Waals surface area contributed by atoms with Crippen LogP contribution in [0.1, 0.15) is 57.8 Å². The highest BCUT2D eigenvalue weighted by molar-refractivity contribution is 7.16. The van der Waals surface area contributed by atoms with Crippen molar-refractivity contribution in [2.24, 2.45) is 0 Å². The number of hydrogen-bond acceptors (Lipinski definition) is 6. The van der Waals surface area contributed by atoms with Gasteiger partial charge in [-0.1, -0.05) is 30.3 Å². The molecule has 7 nitrogen and oxygen atoms in total. The Balaban J connectivity index is 1.95. The molecule has 2 aromatic rings. The third-order valence-corrected chi connectivity index (χ3v) is 6.09. The van der Waals surface area contributed by atoms with Crippen LogP contribution in [-0.4, -0.2) is 37.1 Å². The second kappa shape index (κ2) is 10.2. The Bertz CT molecular complexity index is 911. The first kappa shape index (κ1) is 21.8. The zero-order chi connectivity index (χ0) is 21.5. The molecule has 0 saturated heterocycles. The number of amides is 2. The second-order valence-corrected chi connectivity index (χ2v) is 8.05. The van der Waals surface area contributed by atoms with E-state index in [0.29, 0.717) is 22.7 Å². The zero-order valence-electron chi connectivity index (χ0n) is 17.2. The lowest BCUT2D eigenvalue weighted by atomic mass is 9.95. The molecular weight excluding hydrogens is 402 g/mol. The summed E-state index contributed by atoms with van der Waals surface area (Å²) in [5.41, 5.74) is 2.07. The van der Waals surface area contributed by atoms with Gasteiger partial charge in [0.2, 0.25) is 5.78 Å². The molecule has 0 saturated carbocycles. The molecule has 0 fully saturated rings. The number of Topliss-reactive ketones (excluding diaryl/α,β-unsaturated/α-hetero) is 1. The van der Waals surface area contributed by atoms with Gasteiger partial charge in [-0.05, 0) is 45.1 Å². The molecule has 0 unspecified atom stereocenters. The molecule has 2 amide bonds. The molecule has 8 heteroatoms. The van der Waals surface area contributed by atoms with Gasteiger partial charge < -0.3 is 15.4 Å². The summed E-state index contributed by atoms with van der Waals surface area (Å²) in [6, 6.07) is 8.72. The van der Waals surface area contributed by atoms with Crippen LogP contribution in [0.3, 0.4) is 0 Å². The van der Waals surface area contributed by atoms with Gasteiger partial charge in [0.1, 0.15) is 5.00 Å². The summed E-state index contributed by atoms with van der Waals surface area (Å²) in [5.74, 6) is -0.474. The Morgan fingerprint density at radius 3 is 2.53 bits per heavy atom. The Kier molecular flexibility index (Phi) is 7.46. The number of carbonyl (C=O) groups excluding carboxylic acids is 3. The summed E-state index contributed by atoms with van der Waals surface area (Å²) < 4.78 is 4.98. The number of ketones is 1. The maximum absolute atomic E-state index is 13.1. The first-order valence-corrected chi connectivity index (χ1v) is 11.1. The number of hydrogen-bond donors (Lipinski definition) is 3. The van der Waals surface area contributed by atoms with Gasteiger partial charge in [-0.25, -0.2) is 4.79 Å². The summed E-state index contributed by atoms with van der Waals surface area (Å²) in [6.45, 7) is 4.27. The van der Waals surface area contributed by atoms with E-state index in [9.17, 15) is 14.4 Å². The zero-order valence-corrected chi connectivity index (χ0v) is 18.1. The summed E-state index contributed by atoms with van der Waals surface area (Å²) in [5, 5.41) is 9.18. The number of thiophene rings is 1. The maximum atomic E-state index is 13.1. The molecule has 0 radical (unpaired) electrons. The average molecular weight is 430 g/mol. The van der Waals surface area contributed by atoms with Crippen LogP contribution in [-0.2, 0) is 17.6 Å². The number of nitrogens with one attached hydrogen (secondary N) is 3. The molecule has 3 rings (SSSR count). The van der Waals surface area contributed by atoms with E-state index >= 15 is 0 Å². The fraction of sp³-hybridized carbons (Fsp3) is 0.409. The van der Waals surface area contributed by atoms with E-state index < -0.39 is 12.3 Å². The van der Waals surface area contributed by atoms with E-state index in [1.807, 2.05) is 13.0 Å². The third kappa shape index (κ3) is 4.99. The molecule has 1 aromatic carbocycles. The highest BCUT2D eigenvalue weighted by Crippen LogP contribution is 2.38. The van der Waals surface area contributed by atoms with Gasteiger partial charge in [0.05, 0.1) is 12.2 Å². The molecular formula is C22H27N3O4S. The lowest BCUT2D eigenvalue weighted by Gasteiger charge is -2.20. The molecule has 0 aliphatic heterocycles. The number of fused-ring (bicyclic) bond motifs is 1. The summed E-state index contributed by atoms with van der Waals surface area (Å²) in [4.78, 5) is 39.2. The highest BCUT2D eigenvalue weighted by atomic mass is 32.1. The summed E-state index contributed by atoms with van der Waals surface area (Å²) >= 11 is 1.48. The van der Waals surface area contributed by atoms with Crippen molar-refractivity contribution in [1.29, 1.82) is 0 Å². The monoisotopic (exact) mass is 429 g/mol. The minimum absolute atomic E-state index is 0.165. The highest BCUT2D eigenvalue weighted by Gasteiger charge is 2.29. The van der Waals surface area contributed by atoms with Gasteiger partial charge in [0, 0.05) is 17.0 Å². The van der Waals surface area contributed by atoms with Gasteiger partial charge >= 0.3 is 6.09 Å². The normalized spacial score (nSPS) is 13.7. The van der Waals surface area contributed by atoms with Crippen molar-refractivity contribution in [2.75, 3.05) is 18.5 Å². The standard InChI is InChI=1S/C22H27N3O4S/c1-3-23-20(27)17-15-12-8-9-13-16(15)30-21(17)24-19(25-22(28)29-4-2)18(26)14-10-6-5-7-11-14/h5-7,10-11,19,24H,3-4,8-9,12-13H2,1-2H3,(H,23,27)(H,25,28)/t19-/m0/s1. The van der Waals surface area contributed by atoms with Crippen LogP contribution in [0.4, 0.5) is 9.80 Å². The number of benzene rings is 1. The maximum Gasteiger partial charge on any atom is 0.409 e. The van der Waals surface area contributed by atoms with Crippen molar-refractivity contribution in [3.05, 3.63) is 51.9 Å². The number of ether oxygens (including phenoxy) is 1. The number of carbonyl (C=O) groups is 3. The predicted molar refractivity (Wildman–Crippen MR) is 117 cm³/mol. The van der Waals surface area contributed by atoms with Crippen molar-refractivity contribution >= 4 is 34.1 Å². The van der Waals surface area contributed by atoms with Gasteiger partial charge in [-0.3, -0.25) is 14.9 Å². The molecule has 1 atom stereocenters. The predicted octanol–water partition coefficient (Wildman–Crippen LogP) is 3.74. The van der Waals surface area contributed by atoms with Crippen molar-refractivity contribution < 1.29 is 19.1 Å². The topological polar surface area (TPSA) is 96.5 Å². The lowest BCUT2D eigenvalue weighted by molar-refractivity contribution is 0.0933. The number of alkyl carbamates (subject to hydrolysis) is 1. The average Bonchev–Trinajstić information content (AvgIpc) is 3.11. The number of aryl methyl sites for hydroxylation is 1. The second-order valence-electron chi connectivity index (χ2n) is 6.95. The van der Waals surface area contributed by atoms with E-state index in [1.54, 1.807) is 31.2 Å². The van der Waals surface area contributed by atoms with E-state index in [0.717, 1.165) is 36.1 Å². The Morgan fingerprint density at radius 1 is 1.10 bits per heavy atom. The van der Waals surface area contributed by atoms with Crippen molar-refractivity contribution in [3.63, 3.8) is 0 Å². The minimum atomic E-state index is -1.06. The quantitative estimate of drug-likeness (QED) is 0.439. The van der Waals surface area contributed by atoms with E-state index in [-0.39, 0.29) is 18.3 Å². The molecule has 3 N–H and O–H groups in total. The fourth-order valence-corrected chi connectivity index (χ4v) is 4.83. The first-order valence-electron chi connectivity index (χ1n) is 10.3. The van der Waals surface area contributed by atoms with Crippen molar-refractivity contribution in [3.8, 4) is 0 Å². The molecule has 30 heavy (non-hydrogen) atoms. The molecule has 1 aliphatic rings. The number of rotatable bonds is 8.